The molecule has 0 radical (unpaired) electrons. The van der Waals surface area contributed by atoms with Crippen molar-refractivity contribution in [1.82, 2.24) is 4.57 Å². The number of thiazole rings is 1. The summed E-state index contributed by atoms with van der Waals surface area (Å²) in [5.41, 5.74) is 1.92. The highest BCUT2D eigenvalue weighted by Gasteiger charge is 2.33. The lowest BCUT2D eigenvalue weighted by Gasteiger charge is -2.24. The van der Waals surface area contributed by atoms with Gasteiger partial charge < -0.3 is 14.6 Å². The van der Waals surface area contributed by atoms with Gasteiger partial charge >= 0.3 is 11.9 Å². The van der Waals surface area contributed by atoms with Gasteiger partial charge in [0.1, 0.15) is 5.75 Å². The lowest BCUT2D eigenvalue weighted by Crippen LogP contribution is -2.39. The minimum atomic E-state index is -1.07. The molecular formula is C25H21ClN2O6S. The number of rotatable bonds is 7. The first kappa shape index (κ1) is 24.4. The quantitative estimate of drug-likeness (QED) is 0.488. The second-order valence-electron chi connectivity index (χ2n) is 7.61. The third-order valence-corrected chi connectivity index (χ3v) is 6.48. The Morgan fingerprint density at radius 3 is 2.49 bits per heavy atom. The number of hydrogen-bond acceptors (Lipinski definition) is 7. The lowest BCUT2D eigenvalue weighted by molar-refractivity contribution is -0.140. The van der Waals surface area contributed by atoms with Gasteiger partial charge in [-0.05, 0) is 55.3 Å². The molecule has 2 aromatic carbocycles. The monoisotopic (exact) mass is 512 g/mol. The number of carbonyl (C=O) groups excluding carboxylic acids is 1. The van der Waals surface area contributed by atoms with Gasteiger partial charge in [0, 0.05) is 5.02 Å². The molecule has 1 aliphatic heterocycles. The zero-order chi connectivity index (χ0) is 25.1. The Kier molecular flexibility index (Phi) is 7.18. The maximum Gasteiger partial charge on any atom is 0.341 e. The fourth-order valence-corrected chi connectivity index (χ4v) is 4.88. The number of hydrogen-bond donors (Lipinski definition) is 1. The molecule has 0 saturated carbocycles. The van der Waals surface area contributed by atoms with Crippen molar-refractivity contribution in [1.29, 1.82) is 0 Å². The number of halogens is 1. The molecule has 1 N–H and O–H groups in total. The van der Waals surface area contributed by atoms with Crippen LogP contribution in [0.4, 0.5) is 0 Å². The van der Waals surface area contributed by atoms with E-state index >= 15 is 0 Å². The number of benzene rings is 2. The number of esters is 1. The summed E-state index contributed by atoms with van der Waals surface area (Å²) in [4.78, 5) is 42.1. The van der Waals surface area contributed by atoms with E-state index in [1.807, 2.05) is 0 Å². The minimum absolute atomic E-state index is 0.194. The van der Waals surface area contributed by atoms with Crippen LogP contribution in [0.1, 0.15) is 31.0 Å². The van der Waals surface area contributed by atoms with Crippen LogP contribution in [0.3, 0.4) is 0 Å². The van der Waals surface area contributed by atoms with Crippen molar-refractivity contribution < 1.29 is 24.2 Å². The smallest absolute Gasteiger partial charge is 0.341 e. The number of nitrogens with zero attached hydrogens (tertiary/aromatic N) is 2. The Bertz CT molecular complexity index is 1490. The maximum absolute atomic E-state index is 13.5. The standard InChI is InChI=1S/C25H21ClN2O6S/c1-3-33-24(32)21-14(2)27-25-28(22(21)16-6-8-17(26)9-7-16)23(31)19(35-25)12-15-4-10-18(11-5-15)34-13-20(29)30/h4-12,22H,3,13H2,1-2H3,(H,29,30)/b19-12-/t22-/m1/s1. The molecule has 4 rings (SSSR count). The largest absolute Gasteiger partial charge is 0.482 e. The van der Waals surface area contributed by atoms with E-state index in [0.29, 0.717) is 36.9 Å². The van der Waals surface area contributed by atoms with Crippen LogP contribution in [-0.2, 0) is 14.3 Å². The number of ether oxygens (including phenoxy) is 2. The van der Waals surface area contributed by atoms with Crippen LogP contribution in [0.15, 0.2) is 69.6 Å². The van der Waals surface area contributed by atoms with Gasteiger partial charge in [-0.1, -0.05) is 47.2 Å². The number of carboxylic acids is 1. The van der Waals surface area contributed by atoms with Crippen LogP contribution < -0.4 is 19.6 Å². The van der Waals surface area contributed by atoms with E-state index in [1.54, 1.807) is 68.5 Å². The average molecular weight is 513 g/mol. The van der Waals surface area contributed by atoms with E-state index < -0.39 is 24.6 Å². The predicted octanol–water partition coefficient (Wildman–Crippen LogP) is 2.92. The second-order valence-corrected chi connectivity index (χ2v) is 9.05. The molecular weight excluding hydrogens is 492 g/mol. The molecule has 180 valence electrons. The molecule has 35 heavy (non-hydrogen) atoms. The zero-order valence-corrected chi connectivity index (χ0v) is 20.4. The summed E-state index contributed by atoms with van der Waals surface area (Å²) < 4.78 is 12.4. The van der Waals surface area contributed by atoms with Crippen molar-refractivity contribution in [2.75, 3.05) is 13.2 Å². The Balaban J connectivity index is 1.81. The van der Waals surface area contributed by atoms with Crippen molar-refractivity contribution in [2.24, 2.45) is 4.99 Å². The SMILES string of the molecule is CCOC(=O)C1=C(C)N=c2s/c(=C\c3ccc(OCC(=O)O)cc3)c(=O)n2[C@@H]1c1ccc(Cl)cc1. The zero-order valence-electron chi connectivity index (χ0n) is 18.9. The number of carbonyl (C=O) groups is 2. The molecule has 1 atom stereocenters. The second kappa shape index (κ2) is 10.3. The molecule has 0 saturated heterocycles. The normalized spacial score (nSPS) is 15.4. The minimum Gasteiger partial charge on any atom is -0.482 e. The summed E-state index contributed by atoms with van der Waals surface area (Å²) in [6.07, 6.45) is 1.72. The van der Waals surface area contributed by atoms with Crippen LogP contribution in [0.2, 0.25) is 5.02 Å². The number of aliphatic carboxylic acids is 1. The molecule has 0 fully saturated rings. The van der Waals surface area contributed by atoms with E-state index in [0.717, 1.165) is 5.56 Å². The first-order valence-electron chi connectivity index (χ1n) is 10.7. The Hall–Kier alpha value is -3.69. The van der Waals surface area contributed by atoms with Gasteiger partial charge in [0.05, 0.1) is 28.5 Å². The number of fused-ring (bicyclic) bond motifs is 1. The van der Waals surface area contributed by atoms with E-state index in [2.05, 4.69) is 4.99 Å². The third kappa shape index (κ3) is 5.21. The molecule has 10 heteroatoms. The molecule has 0 amide bonds. The van der Waals surface area contributed by atoms with Crippen molar-refractivity contribution >= 4 is 41.0 Å². The molecule has 1 aromatic heterocycles. The molecule has 8 nitrogen and oxygen atoms in total. The van der Waals surface area contributed by atoms with Crippen LogP contribution in [0.25, 0.3) is 6.08 Å². The molecule has 0 aliphatic carbocycles. The Labute approximate surface area is 209 Å². The summed E-state index contributed by atoms with van der Waals surface area (Å²) in [5, 5.41) is 9.28. The van der Waals surface area contributed by atoms with E-state index in [-0.39, 0.29) is 12.2 Å². The van der Waals surface area contributed by atoms with E-state index in [4.69, 9.17) is 26.2 Å². The average Bonchev–Trinajstić information content (AvgIpc) is 3.12. The molecule has 0 bridgehead atoms. The molecule has 3 aromatic rings. The van der Waals surface area contributed by atoms with Gasteiger partial charge in [-0.2, -0.15) is 0 Å². The Morgan fingerprint density at radius 2 is 1.86 bits per heavy atom. The van der Waals surface area contributed by atoms with Crippen molar-refractivity contribution in [2.45, 2.75) is 19.9 Å². The third-order valence-electron chi connectivity index (χ3n) is 5.24. The highest BCUT2D eigenvalue weighted by molar-refractivity contribution is 7.07. The van der Waals surface area contributed by atoms with Gasteiger partial charge in [0.15, 0.2) is 11.4 Å². The van der Waals surface area contributed by atoms with Gasteiger partial charge in [-0.25, -0.2) is 14.6 Å². The number of aromatic nitrogens is 1. The Morgan fingerprint density at radius 1 is 1.17 bits per heavy atom. The van der Waals surface area contributed by atoms with Gasteiger partial charge in [-0.3, -0.25) is 9.36 Å². The van der Waals surface area contributed by atoms with Gasteiger partial charge in [0.2, 0.25) is 0 Å². The topological polar surface area (TPSA) is 107 Å². The van der Waals surface area contributed by atoms with Crippen molar-refractivity contribution in [3.8, 4) is 5.75 Å². The molecule has 0 unspecified atom stereocenters. The summed E-state index contributed by atoms with van der Waals surface area (Å²) >= 11 is 7.28. The fourth-order valence-electron chi connectivity index (χ4n) is 3.71. The molecule has 0 spiro atoms. The molecule has 1 aliphatic rings. The van der Waals surface area contributed by atoms with E-state index in [1.165, 1.54) is 15.9 Å². The predicted molar refractivity (Wildman–Crippen MR) is 131 cm³/mol. The first-order valence-corrected chi connectivity index (χ1v) is 11.9. The van der Waals surface area contributed by atoms with Crippen LogP contribution in [0.5, 0.6) is 5.75 Å². The van der Waals surface area contributed by atoms with Crippen LogP contribution >= 0.6 is 22.9 Å². The summed E-state index contributed by atoms with van der Waals surface area (Å²) in [6, 6.07) is 13.0. The van der Waals surface area contributed by atoms with Gasteiger partial charge in [0.25, 0.3) is 5.56 Å². The maximum atomic E-state index is 13.5. The van der Waals surface area contributed by atoms with E-state index in [9.17, 15) is 14.4 Å². The van der Waals surface area contributed by atoms with Crippen molar-refractivity contribution in [3.05, 3.63) is 95.6 Å². The highest BCUT2D eigenvalue weighted by atomic mass is 35.5. The molecule has 2 heterocycles. The van der Waals surface area contributed by atoms with Crippen LogP contribution in [0, 0.1) is 0 Å². The van der Waals surface area contributed by atoms with Crippen molar-refractivity contribution in [3.63, 3.8) is 0 Å². The lowest BCUT2D eigenvalue weighted by atomic mass is 9.96. The number of allylic oxidation sites excluding steroid dienone is 1. The first-order chi connectivity index (χ1) is 16.8. The van der Waals surface area contributed by atoms with Gasteiger partial charge in [-0.15, -0.1) is 0 Å². The van der Waals surface area contributed by atoms with Crippen LogP contribution in [-0.4, -0.2) is 34.8 Å². The fraction of sp³-hybridized carbons (Fsp3) is 0.200. The summed E-state index contributed by atoms with van der Waals surface area (Å²) in [5.74, 6) is -1.19. The summed E-state index contributed by atoms with van der Waals surface area (Å²) in [6.45, 7) is 3.20. The summed E-state index contributed by atoms with van der Waals surface area (Å²) in [7, 11) is 0. The number of carboxylic acid groups (broad SMARTS) is 1. The highest BCUT2D eigenvalue weighted by Crippen LogP contribution is 2.31.